The van der Waals surface area contributed by atoms with E-state index in [2.05, 4.69) is 27.9 Å². The Labute approximate surface area is 243 Å². The minimum absolute atomic E-state index is 0.107. The maximum Gasteiger partial charge on any atom is 0.339 e. The number of imide groups is 1. The molecular weight excluding hydrogens is 647 g/mol. The van der Waals surface area contributed by atoms with Crippen LogP contribution in [0.3, 0.4) is 0 Å². The molecule has 1 saturated heterocycles. The molecule has 202 valence electrons. The first kappa shape index (κ1) is 29.8. The fraction of sp³-hybridized carbons (Fsp3) is 0.308. The van der Waals surface area contributed by atoms with E-state index in [1.165, 1.54) is 18.2 Å². The molecule has 0 atom stereocenters. The highest BCUT2D eigenvalue weighted by Gasteiger charge is 2.36. The van der Waals surface area contributed by atoms with Gasteiger partial charge in [-0.05, 0) is 89.7 Å². The Morgan fingerprint density at radius 2 is 1.95 bits per heavy atom. The summed E-state index contributed by atoms with van der Waals surface area (Å²) in [6.45, 7) is 4.01. The zero-order valence-electron chi connectivity index (χ0n) is 21.0. The number of carbonyl (C=O) groups excluding carboxylic acids is 4. The van der Waals surface area contributed by atoms with Gasteiger partial charge in [-0.2, -0.15) is 0 Å². The second-order valence-corrected chi connectivity index (χ2v) is 10.5. The molecule has 3 rings (SSSR count). The quantitative estimate of drug-likeness (QED) is 0.134. The predicted octanol–water partition coefficient (Wildman–Crippen LogP) is 5.98. The van der Waals surface area contributed by atoms with Gasteiger partial charge in [0.2, 0.25) is 5.91 Å². The number of benzene rings is 2. The van der Waals surface area contributed by atoms with E-state index in [0.717, 1.165) is 33.1 Å². The third-order valence-electron chi connectivity index (χ3n) is 5.21. The number of amides is 3. The molecule has 1 aliphatic heterocycles. The van der Waals surface area contributed by atoms with Crippen LogP contribution in [0.4, 0.5) is 10.5 Å². The average molecular weight is 673 g/mol. The SMILES string of the molecule is CCCCOC(=O)c1cc(NC(=O)CN2C(=O)S/C(=C/c3cc(I)c(OC)c(OCC)c3)C2=O)ccc1Cl. The minimum atomic E-state index is -0.612. The lowest BCUT2D eigenvalue weighted by molar-refractivity contribution is -0.127. The number of nitrogens with zero attached hydrogens (tertiary/aromatic N) is 1. The molecule has 38 heavy (non-hydrogen) atoms. The second kappa shape index (κ2) is 13.9. The van der Waals surface area contributed by atoms with E-state index in [-0.39, 0.29) is 27.8 Å². The number of anilines is 1. The monoisotopic (exact) mass is 672 g/mol. The number of methoxy groups -OCH3 is 1. The number of thioether (sulfide) groups is 1. The van der Waals surface area contributed by atoms with Crippen molar-refractivity contribution in [3.8, 4) is 11.5 Å². The molecule has 1 aliphatic rings. The summed E-state index contributed by atoms with van der Waals surface area (Å²) in [6.07, 6.45) is 3.16. The number of ether oxygens (including phenoxy) is 3. The van der Waals surface area contributed by atoms with E-state index in [4.69, 9.17) is 25.8 Å². The largest absolute Gasteiger partial charge is 0.492 e. The maximum atomic E-state index is 12.9. The number of nitrogens with one attached hydrogen (secondary N) is 1. The number of hydrogen-bond donors (Lipinski definition) is 1. The summed E-state index contributed by atoms with van der Waals surface area (Å²) < 4.78 is 17.0. The Hall–Kier alpha value is -2.77. The van der Waals surface area contributed by atoms with E-state index in [1.807, 2.05) is 13.8 Å². The molecular formula is C26H26ClIN2O7S. The highest BCUT2D eigenvalue weighted by Crippen LogP contribution is 2.37. The summed E-state index contributed by atoms with van der Waals surface area (Å²) in [6, 6.07) is 7.88. The van der Waals surface area contributed by atoms with E-state index in [0.29, 0.717) is 23.7 Å². The summed E-state index contributed by atoms with van der Waals surface area (Å²) >= 11 is 8.96. The van der Waals surface area contributed by atoms with E-state index in [1.54, 1.807) is 25.3 Å². The van der Waals surface area contributed by atoms with E-state index < -0.39 is 29.6 Å². The molecule has 2 aromatic carbocycles. The fourth-order valence-corrected chi connectivity index (χ4v) is 5.29. The van der Waals surface area contributed by atoms with Gasteiger partial charge in [0.1, 0.15) is 6.54 Å². The van der Waals surface area contributed by atoms with Crippen molar-refractivity contribution in [3.63, 3.8) is 0 Å². The molecule has 0 unspecified atom stereocenters. The first-order valence-corrected chi connectivity index (χ1v) is 14.0. The highest BCUT2D eigenvalue weighted by atomic mass is 127. The van der Waals surface area contributed by atoms with Gasteiger partial charge >= 0.3 is 5.97 Å². The van der Waals surface area contributed by atoms with Gasteiger partial charge in [-0.1, -0.05) is 24.9 Å². The van der Waals surface area contributed by atoms with Gasteiger partial charge in [0.25, 0.3) is 11.1 Å². The Bertz CT molecular complexity index is 1280. The van der Waals surface area contributed by atoms with Crippen molar-refractivity contribution >= 4 is 80.7 Å². The molecule has 1 N–H and O–H groups in total. The third-order valence-corrected chi connectivity index (χ3v) is 7.25. The van der Waals surface area contributed by atoms with Crippen LogP contribution in [0.1, 0.15) is 42.6 Å². The summed E-state index contributed by atoms with van der Waals surface area (Å²) in [7, 11) is 1.54. The number of rotatable bonds is 11. The number of halogens is 2. The van der Waals surface area contributed by atoms with E-state index in [9.17, 15) is 19.2 Å². The topological polar surface area (TPSA) is 111 Å². The van der Waals surface area contributed by atoms with Crippen LogP contribution in [0.25, 0.3) is 6.08 Å². The van der Waals surface area contributed by atoms with Crippen LogP contribution in [0, 0.1) is 3.57 Å². The summed E-state index contributed by atoms with van der Waals surface area (Å²) in [5, 5.41) is 2.21. The lowest BCUT2D eigenvalue weighted by atomic mass is 10.2. The Morgan fingerprint density at radius 3 is 2.63 bits per heavy atom. The van der Waals surface area contributed by atoms with Gasteiger partial charge in [-0.25, -0.2) is 4.79 Å². The van der Waals surface area contributed by atoms with Gasteiger partial charge in [0.05, 0.1) is 39.4 Å². The van der Waals surface area contributed by atoms with Gasteiger partial charge in [-0.15, -0.1) is 0 Å². The zero-order chi connectivity index (χ0) is 27.8. The molecule has 1 heterocycles. The van der Waals surface area contributed by atoms with Crippen molar-refractivity contribution in [2.24, 2.45) is 0 Å². The van der Waals surface area contributed by atoms with Crippen LogP contribution >= 0.6 is 46.0 Å². The molecule has 0 bridgehead atoms. The Kier molecular flexibility index (Phi) is 10.9. The first-order chi connectivity index (χ1) is 18.2. The number of hydrogen-bond acceptors (Lipinski definition) is 8. The third kappa shape index (κ3) is 7.41. The van der Waals surface area contributed by atoms with Crippen molar-refractivity contribution in [1.29, 1.82) is 0 Å². The molecule has 12 heteroatoms. The van der Waals surface area contributed by atoms with Crippen LogP contribution in [-0.2, 0) is 14.3 Å². The average Bonchev–Trinajstić information content (AvgIpc) is 3.12. The summed E-state index contributed by atoms with van der Waals surface area (Å²) in [5.74, 6) is -0.706. The predicted molar refractivity (Wildman–Crippen MR) is 155 cm³/mol. The van der Waals surface area contributed by atoms with Gasteiger partial charge in [0, 0.05) is 5.69 Å². The van der Waals surface area contributed by atoms with Gasteiger partial charge in [0.15, 0.2) is 11.5 Å². The standard InChI is InChI=1S/C26H26ClIN2O7S/c1-4-6-9-37-25(33)17-13-16(7-8-18(17)27)29-22(31)14-30-24(32)21(38-26(30)34)12-15-10-19(28)23(35-3)20(11-15)36-5-2/h7-8,10-13H,4-6,9,14H2,1-3H3,(H,29,31)/b21-12+. The lowest BCUT2D eigenvalue weighted by Crippen LogP contribution is -2.36. The first-order valence-electron chi connectivity index (χ1n) is 11.7. The Balaban J connectivity index is 1.71. The van der Waals surface area contributed by atoms with Crippen molar-refractivity contribution < 1.29 is 33.4 Å². The molecule has 0 spiro atoms. The lowest BCUT2D eigenvalue weighted by Gasteiger charge is -2.13. The van der Waals surface area contributed by atoms with Crippen LogP contribution in [0.5, 0.6) is 11.5 Å². The van der Waals surface area contributed by atoms with Crippen molar-refractivity contribution in [1.82, 2.24) is 4.90 Å². The van der Waals surface area contributed by atoms with E-state index >= 15 is 0 Å². The number of esters is 1. The Morgan fingerprint density at radius 1 is 1.18 bits per heavy atom. The van der Waals surface area contributed by atoms with Crippen molar-refractivity contribution in [2.45, 2.75) is 26.7 Å². The maximum absolute atomic E-state index is 12.9. The van der Waals surface area contributed by atoms with Crippen LogP contribution in [0.15, 0.2) is 35.2 Å². The molecule has 0 aliphatic carbocycles. The highest BCUT2D eigenvalue weighted by molar-refractivity contribution is 14.1. The number of carbonyl (C=O) groups is 4. The van der Waals surface area contributed by atoms with Crippen LogP contribution < -0.4 is 14.8 Å². The minimum Gasteiger partial charge on any atom is -0.492 e. The van der Waals surface area contributed by atoms with Crippen LogP contribution in [-0.4, -0.2) is 54.8 Å². The zero-order valence-corrected chi connectivity index (χ0v) is 24.7. The normalized spacial score (nSPS) is 14.1. The number of unbranched alkanes of at least 4 members (excludes halogenated alkanes) is 1. The molecule has 0 saturated carbocycles. The van der Waals surface area contributed by atoms with Crippen molar-refractivity contribution in [2.75, 3.05) is 32.2 Å². The molecule has 2 aromatic rings. The summed E-state index contributed by atoms with van der Waals surface area (Å²) in [4.78, 5) is 51.5. The smallest absolute Gasteiger partial charge is 0.339 e. The van der Waals surface area contributed by atoms with Gasteiger partial charge in [-0.3, -0.25) is 19.3 Å². The molecule has 0 aromatic heterocycles. The summed E-state index contributed by atoms with van der Waals surface area (Å²) in [5.41, 5.74) is 1.03. The van der Waals surface area contributed by atoms with Gasteiger partial charge < -0.3 is 19.5 Å². The molecule has 3 amide bonds. The second-order valence-electron chi connectivity index (χ2n) is 7.97. The molecule has 1 fully saturated rings. The molecule has 0 radical (unpaired) electrons. The van der Waals surface area contributed by atoms with Crippen LogP contribution in [0.2, 0.25) is 5.02 Å². The molecule has 9 nitrogen and oxygen atoms in total. The van der Waals surface area contributed by atoms with Crippen molar-refractivity contribution in [3.05, 3.63) is 55.0 Å². The fourth-order valence-electron chi connectivity index (χ4n) is 3.41.